The molecular formula is C29H20N2S. The summed E-state index contributed by atoms with van der Waals surface area (Å²) in [6.07, 6.45) is 0. The van der Waals surface area contributed by atoms with Crippen LogP contribution in [0.5, 0.6) is 0 Å². The van der Waals surface area contributed by atoms with Gasteiger partial charge in [0.05, 0.1) is 11.4 Å². The van der Waals surface area contributed by atoms with Crippen LogP contribution < -0.4 is 0 Å². The second-order valence-corrected chi connectivity index (χ2v) is 9.09. The van der Waals surface area contributed by atoms with Gasteiger partial charge in [0.1, 0.15) is 0 Å². The van der Waals surface area contributed by atoms with Gasteiger partial charge in [-0.15, -0.1) is 11.3 Å². The summed E-state index contributed by atoms with van der Waals surface area (Å²) < 4.78 is 2.63. The van der Waals surface area contributed by atoms with E-state index in [4.69, 9.17) is 9.97 Å². The molecule has 152 valence electrons. The van der Waals surface area contributed by atoms with Crippen LogP contribution in [0.3, 0.4) is 0 Å². The fourth-order valence-electron chi connectivity index (χ4n) is 4.11. The van der Waals surface area contributed by atoms with Gasteiger partial charge in [0.25, 0.3) is 0 Å². The van der Waals surface area contributed by atoms with Crippen molar-refractivity contribution in [2.45, 2.75) is 6.92 Å². The van der Waals surface area contributed by atoms with Crippen molar-refractivity contribution in [2.75, 3.05) is 0 Å². The molecule has 3 heteroatoms. The Bertz CT molecular complexity index is 1510. The maximum absolute atomic E-state index is 4.98. The van der Waals surface area contributed by atoms with Crippen molar-refractivity contribution in [3.8, 4) is 33.9 Å². The van der Waals surface area contributed by atoms with E-state index < -0.39 is 0 Å². The average Bonchev–Trinajstić information content (AvgIpc) is 3.21. The predicted octanol–water partition coefficient (Wildman–Crippen LogP) is 8.15. The highest BCUT2D eigenvalue weighted by molar-refractivity contribution is 7.25. The topological polar surface area (TPSA) is 25.8 Å². The lowest BCUT2D eigenvalue weighted by molar-refractivity contribution is 1.18. The zero-order valence-electron chi connectivity index (χ0n) is 17.6. The Kier molecular flexibility index (Phi) is 4.55. The van der Waals surface area contributed by atoms with Gasteiger partial charge in [-0.05, 0) is 36.8 Å². The summed E-state index contributed by atoms with van der Waals surface area (Å²) in [5.74, 6) is 0.743. The van der Waals surface area contributed by atoms with Gasteiger partial charge < -0.3 is 0 Å². The fourth-order valence-corrected chi connectivity index (χ4v) is 5.30. The quantitative estimate of drug-likeness (QED) is 0.284. The average molecular weight is 429 g/mol. The molecule has 4 aromatic carbocycles. The van der Waals surface area contributed by atoms with Crippen LogP contribution >= 0.6 is 11.3 Å². The van der Waals surface area contributed by atoms with Crippen molar-refractivity contribution < 1.29 is 0 Å². The predicted molar refractivity (Wildman–Crippen MR) is 136 cm³/mol. The first-order valence-corrected chi connectivity index (χ1v) is 11.5. The Hall–Kier alpha value is -3.82. The highest BCUT2D eigenvalue weighted by atomic mass is 32.1. The van der Waals surface area contributed by atoms with Crippen LogP contribution in [0.25, 0.3) is 54.1 Å². The van der Waals surface area contributed by atoms with E-state index in [0.29, 0.717) is 0 Å². The lowest BCUT2D eigenvalue weighted by Gasteiger charge is -2.09. The van der Waals surface area contributed by atoms with Gasteiger partial charge >= 0.3 is 0 Å². The third kappa shape index (κ3) is 3.37. The molecule has 6 aromatic rings. The van der Waals surface area contributed by atoms with Crippen molar-refractivity contribution >= 4 is 31.5 Å². The normalized spacial score (nSPS) is 11.3. The summed E-state index contributed by atoms with van der Waals surface area (Å²) in [4.78, 5) is 9.88. The van der Waals surface area contributed by atoms with Crippen molar-refractivity contribution in [1.82, 2.24) is 9.97 Å². The van der Waals surface area contributed by atoms with Gasteiger partial charge in [-0.1, -0.05) is 78.9 Å². The molecule has 0 N–H and O–H groups in total. The van der Waals surface area contributed by atoms with Gasteiger partial charge in [0, 0.05) is 36.9 Å². The molecular weight excluding hydrogens is 408 g/mol. The molecule has 2 aromatic heterocycles. The molecule has 2 nitrogen and oxygen atoms in total. The lowest BCUT2D eigenvalue weighted by Crippen LogP contribution is -1.95. The molecule has 0 radical (unpaired) electrons. The standard InChI is InChI=1S/C29H20N2S/c1-19-12-14-23-24-17-22(13-15-27(24)32-28(23)16-19)26-18-25(20-8-4-2-5-9-20)30-29(31-26)21-10-6-3-7-11-21/h2-18H,1H3. The van der Waals surface area contributed by atoms with Crippen molar-refractivity contribution in [3.05, 3.63) is 109 Å². The summed E-state index contributed by atoms with van der Waals surface area (Å²) in [5, 5.41) is 2.58. The van der Waals surface area contributed by atoms with Crippen LogP contribution in [0, 0.1) is 6.92 Å². The summed E-state index contributed by atoms with van der Waals surface area (Å²) in [5.41, 5.74) is 6.37. The highest BCUT2D eigenvalue weighted by Gasteiger charge is 2.12. The molecule has 0 bridgehead atoms. The molecule has 0 aliphatic carbocycles. The van der Waals surface area contributed by atoms with Gasteiger partial charge in [-0.3, -0.25) is 0 Å². The van der Waals surface area contributed by atoms with Crippen molar-refractivity contribution in [1.29, 1.82) is 0 Å². The second kappa shape index (κ2) is 7.70. The number of aromatic nitrogens is 2. The van der Waals surface area contributed by atoms with Gasteiger partial charge in [0.2, 0.25) is 0 Å². The molecule has 2 heterocycles. The Labute approximate surface area is 190 Å². The zero-order valence-corrected chi connectivity index (χ0v) is 18.4. The zero-order chi connectivity index (χ0) is 21.5. The molecule has 0 spiro atoms. The minimum atomic E-state index is 0.743. The minimum Gasteiger partial charge on any atom is -0.228 e. The summed E-state index contributed by atoms with van der Waals surface area (Å²) >= 11 is 1.85. The van der Waals surface area contributed by atoms with Crippen LogP contribution in [-0.4, -0.2) is 9.97 Å². The molecule has 0 saturated heterocycles. The van der Waals surface area contributed by atoms with Crippen LogP contribution in [0.2, 0.25) is 0 Å². The number of thiophene rings is 1. The number of hydrogen-bond donors (Lipinski definition) is 0. The van der Waals surface area contributed by atoms with Crippen LogP contribution in [-0.2, 0) is 0 Å². The van der Waals surface area contributed by atoms with Gasteiger partial charge in [0.15, 0.2) is 5.82 Å². The van der Waals surface area contributed by atoms with E-state index in [9.17, 15) is 0 Å². The number of rotatable bonds is 3. The lowest BCUT2D eigenvalue weighted by atomic mass is 10.0. The first-order chi connectivity index (χ1) is 15.7. The molecule has 0 aliphatic heterocycles. The third-order valence-corrected chi connectivity index (χ3v) is 6.88. The van der Waals surface area contributed by atoms with E-state index in [1.807, 2.05) is 47.7 Å². The largest absolute Gasteiger partial charge is 0.228 e. The minimum absolute atomic E-state index is 0.743. The highest BCUT2D eigenvalue weighted by Crippen LogP contribution is 2.37. The summed E-state index contributed by atoms with van der Waals surface area (Å²) in [7, 11) is 0. The van der Waals surface area contributed by atoms with E-state index in [1.54, 1.807) is 0 Å². The first-order valence-electron chi connectivity index (χ1n) is 10.7. The number of benzene rings is 4. The van der Waals surface area contributed by atoms with E-state index in [0.717, 1.165) is 33.9 Å². The van der Waals surface area contributed by atoms with E-state index in [2.05, 4.69) is 73.7 Å². The maximum Gasteiger partial charge on any atom is 0.160 e. The Morgan fingerprint density at radius 2 is 1.22 bits per heavy atom. The van der Waals surface area contributed by atoms with E-state index in [1.165, 1.54) is 25.7 Å². The number of hydrogen-bond acceptors (Lipinski definition) is 3. The molecule has 0 atom stereocenters. The molecule has 32 heavy (non-hydrogen) atoms. The maximum atomic E-state index is 4.98. The number of nitrogens with zero attached hydrogens (tertiary/aromatic N) is 2. The number of aryl methyl sites for hydroxylation is 1. The fraction of sp³-hybridized carbons (Fsp3) is 0.0345. The molecule has 0 amide bonds. The Morgan fingerprint density at radius 3 is 1.97 bits per heavy atom. The molecule has 0 saturated carbocycles. The van der Waals surface area contributed by atoms with Crippen LogP contribution in [0.4, 0.5) is 0 Å². The monoisotopic (exact) mass is 428 g/mol. The van der Waals surface area contributed by atoms with Crippen molar-refractivity contribution in [3.63, 3.8) is 0 Å². The van der Waals surface area contributed by atoms with Crippen LogP contribution in [0.1, 0.15) is 5.56 Å². The number of fused-ring (bicyclic) bond motifs is 3. The Morgan fingerprint density at radius 1 is 0.531 bits per heavy atom. The first kappa shape index (κ1) is 18.9. The third-order valence-electron chi connectivity index (χ3n) is 5.75. The van der Waals surface area contributed by atoms with Crippen molar-refractivity contribution in [2.24, 2.45) is 0 Å². The molecule has 0 fully saturated rings. The van der Waals surface area contributed by atoms with Gasteiger partial charge in [-0.25, -0.2) is 9.97 Å². The summed E-state index contributed by atoms with van der Waals surface area (Å²) in [6, 6.07) is 36.0. The van der Waals surface area contributed by atoms with Crippen LogP contribution in [0.15, 0.2) is 103 Å². The smallest absolute Gasteiger partial charge is 0.160 e. The van der Waals surface area contributed by atoms with E-state index >= 15 is 0 Å². The van der Waals surface area contributed by atoms with Gasteiger partial charge in [-0.2, -0.15) is 0 Å². The van der Waals surface area contributed by atoms with E-state index in [-0.39, 0.29) is 0 Å². The SMILES string of the molecule is Cc1ccc2c(c1)sc1ccc(-c3cc(-c4ccccc4)nc(-c4ccccc4)n3)cc12. The second-order valence-electron chi connectivity index (χ2n) is 8.01. The summed E-state index contributed by atoms with van der Waals surface area (Å²) in [6.45, 7) is 2.15. The molecule has 0 unspecified atom stereocenters. The molecule has 0 aliphatic rings. The molecule has 6 rings (SSSR count). The Balaban J connectivity index is 1.57.